The second-order valence-corrected chi connectivity index (χ2v) is 4.90. The summed E-state index contributed by atoms with van der Waals surface area (Å²) < 4.78 is 0. The van der Waals surface area contributed by atoms with Gasteiger partial charge in [0.1, 0.15) is 0 Å². The third kappa shape index (κ3) is 5.25. The van der Waals surface area contributed by atoms with Crippen molar-refractivity contribution in [2.24, 2.45) is 0 Å². The summed E-state index contributed by atoms with van der Waals surface area (Å²) in [6.45, 7) is 5.67. The number of hydrogen-bond acceptors (Lipinski definition) is 1. The molecule has 0 aliphatic carbocycles. The maximum atomic E-state index is 2.36. The van der Waals surface area contributed by atoms with E-state index in [0.29, 0.717) is 0 Å². The molecule has 1 heteroatoms. The fourth-order valence-electron chi connectivity index (χ4n) is 2.03. The Morgan fingerprint density at radius 1 is 0.882 bits per heavy atom. The predicted molar refractivity (Wildman–Crippen MR) is 77.8 cm³/mol. The van der Waals surface area contributed by atoms with E-state index in [9.17, 15) is 0 Å². The number of aryl methyl sites for hydroxylation is 1. The van der Waals surface area contributed by atoms with Crippen LogP contribution in [0.4, 0.5) is 5.69 Å². The van der Waals surface area contributed by atoms with Crippen LogP contribution in [-0.4, -0.2) is 13.6 Å². The van der Waals surface area contributed by atoms with Crippen molar-refractivity contribution in [2.75, 3.05) is 18.5 Å². The molecule has 0 saturated heterocycles. The molecule has 1 aromatic carbocycles. The number of anilines is 1. The van der Waals surface area contributed by atoms with E-state index in [-0.39, 0.29) is 0 Å². The molecule has 0 radical (unpaired) electrons. The van der Waals surface area contributed by atoms with E-state index in [1.807, 2.05) is 0 Å². The molecule has 1 nitrogen and oxygen atoms in total. The SMILES string of the molecule is CCCCCN(C)c1ccc(CCCC)cc1. The minimum atomic E-state index is 1.17. The predicted octanol–water partition coefficient (Wildman–Crippen LogP) is 4.66. The summed E-state index contributed by atoms with van der Waals surface area (Å²) in [7, 11) is 2.19. The van der Waals surface area contributed by atoms with Crippen LogP contribution in [-0.2, 0) is 6.42 Å². The van der Waals surface area contributed by atoms with E-state index < -0.39 is 0 Å². The summed E-state index contributed by atoms with van der Waals surface area (Å²) in [5, 5.41) is 0. The maximum Gasteiger partial charge on any atom is 0.0363 e. The van der Waals surface area contributed by atoms with Crippen molar-refractivity contribution in [1.82, 2.24) is 0 Å². The molecule has 1 aromatic rings. The minimum absolute atomic E-state index is 1.17. The highest BCUT2D eigenvalue weighted by molar-refractivity contribution is 5.46. The van der Waals surface area contributed by atoms with Gasteiger partial charge in [-0.05, 0) is 37.0 Å². The third-order valence-corrected chi connectivity index (χ3v) is 3.29. The van der Waals surface area contributed by atoms with Crippen LogP contribution in [0.15, 0.2) is 24.3 Å². The summed E-state index contributed by atoms with van der Waals surface area (Å²) in [4.78, 5) is 2.36. The highest BCUT2D eigenvalue weighted by atomic mass is 15.1. The molecule has 17 heavy (non-hydrogen) atoms. The average Bonchev–Trinajstić information content (AvgIpc) is 2.37. The van der Waals surface area contributed by atoms with E-state index in [4.69, 9.17) is 0 Å². The van der Waals surface area contributed by atoms with Crippen molar-refractivity contribution in [3.05, 3.63) is 29.8 Å². The van der Waals surface area contributed by atoms with E-state index >= 15 is 0 Å². The normalized spacial score (nSPS) is 10.5. The fourth-order valence-corrected chi connectivity index (χ4v) is 2.03. The zero-order valence-electron chi connectivity index (χ0n) is 11.7. The second kappa shape index (κ2) is 8.16. The van der Waals surface area contributed by atoms with Crippen LogP contribution in [0.25, 0.3) is 0 Å². The average molecular weight is 233 g/mol. The van der Waals surface area contributed by atoms with Gasteiger partial charge in [-0.3, -0.25) is 0 Å². The Bertz CT molecular complexity index is 289. The smallest absolute Gasteiger partial charge is 0.0363 e. The van der Waals surface area contributed by atoms with Gasteiger partial charge in [-0.2, -0.15) is 0 Å². The molecule has 0 saturated carbocycles. The Morgan fingerprint density at radius 2 is 1.53 bits per heavy atom. The van der Waals surface area contributed by atoms with Crippen LogP contribution in [0.2, 0.25) is 0 Å². The summed E-state index contributed by atoms with van der Waals surface area (Å²) in [6, 6.07) is 9.08. The lowest BCUT2D eigenvalue weighted by atomic mass is 10.1. The van der Waals surface area contributed by atoms with Gasteiger partial charge < -0.3 is 4.90 Å². The lowest BCUT2D eigenvalue weighted by Crippen LogP contribution is -2.18. The van der Waals surface area contributed by atoms with Gasteiger partial charge in [0.15, 0.2) is 0 Å². The Kier molecular flexibility index (Phi) is 6.76. The maximum absolute atomic E-state index is 2.36. The van der Waals surface area contributed by atoms with Crippen LogP contribution in [0, 0.1) is 0 Å². The van der Waals surface area contributed by atoms with Crippen LogP contribution in [0.1, 0.15) is 51.5 Å². The first-order chi connectivity index (χ1) is 8.27. The van der Waals surface area contributed by atoms with Crippen LogP contribution in [0.3, 0.4) is 0 Å². The lowest BCUT2D eigenvalue weighted by molar-refractivity contribution is 0.705. The van der Waals surface area contributed by atoms with Gasteiger partial charge in [-0.25, -0.2) is 0 Å². The van der Waals surface area contributed by atoms with Gasteiger partial charge in [-0.1, -0.05) is 45.2 Å². The topological polar surface area (TPSA) is 3.24 Å². The van der Waals surface area contributed by atoms with Crippen LogP contribution < -0.4 is 4.90 Å². The lowest BCUT2D eigenvalue weighted by Gasteiger charge is -2.19. The fraction of sp³-hybridized carbons (Fsp3) is 0.625. The number of hydrogen-bond donors (Lipinski definition) is 0. The number of benzene rings is 1. The third-order valence-electron chi connectivity index (χ3n) is 3.29. The first kappa shape index (κ1) is 14.1. The standard InChI is InChI=1S/C16H27N/c1-4-6-8-14-17(3)16-12-10-15(11-13-16)9-7-5-2/h10-13H,4-9,14H2,1-3H3. The quantitative estimate of drug-likeness (QED) is 0.590. The zero-order chi connectivity index (χ0) is 12.5. The first-order valence-corrected chi connectivity index (χ1v) is 7.08. The van der Waals surface area contributed by atoms with Gasteiger partial charge in [-0.15, -0.1) is 0 Å². The van der Waals surface area contributed by atoms with Crippen molar-refractivity contribution < 1.29 is 0 Å². The summed E-state index contributed by atoms with van der Waals surface area (Å²) in [6.07, 6.45) is 7.72. The van der Waals surface area contributed by atoms with Gasteiger partial charge in [0.25, 0.3) is 0 Å². The highest BCUT2D eigenvalue weighted by Crippen LogP contribution is 2.15. The number of unbranched alkanes of at least 4 members (excludes halogenated alkanes) is 3. The number of nitrogens with zero attached hydrogens (tertiary/aromatic N) is 1. The van der Waals surface area contributed by atoms with E-state index in [1.54, 1.807) is 0 Å². The molecule has 0 amide bonds. The molecule has 0 aliphatic rings. The Morgan fingerprint density at radius 3 is 2.12 bits per heavy atom. The zero-order valence-corrected chi connectivity index (χ0v) is 11.7. The van der Waals surface area contributed by atoms with Gasteiger partial charge in [0, 0.05) is 19.3 Å². The molecule has 0 bridgehead atoms. The molecular weight excluding hydrogens is 206 g/mol. The van der Waals surface area contributed by atoms with E-state index in [1.165, 1.54) is 56.3 Å². The summed E-state index contributed by atoms with van der Waals surface area (Å²) in [5.41, 5.74) is 2.82. The minimum Gasteiger partial charge on any atom is -0.375 e. The van der Waals surface area contributed by atoms with Crippen molar-refractivity contribution in [2.45, 2.75) is 52.4 Å². The Hall–Kier alpha value is -0.980. The molecule has 0 spiro atoms. The van der Waals surface area contributed by atoms with Crippen molar-refractivity contribution in [3.63, 3.8) is 0 Å². The summed E-state index contributed by atoms with van der Waals surface area (Å²) in [5.74, 6) is 0. The van der Waals surface area contributed by atoms with Gasteiger partial charge in [0.2, 0.25) is 0 Å². The number of rotatable bonds is 8. The molecule has 0 fully saturated rings. The van der Waals surface area contributed by atoms with Gasteiger partial charge in [0.05, 0.1) is 0 Å². The molecule has 0 aromatic heterocycles. The molecule has 0 unspecified atom stereocenters. The van der Waals surface area contributed by atoms with Crippen LogP contribution in [0.5, 0.6) is 0 Å². The van der Waals surface area contributed by atoms with Crippen molar-refractivity contribution in [1.29, 1.82) is 0 Å². The highest BCUT2D eigenvalue weighted by Gasteiger charge is 2.00. The van der Waals surface area contributed by atoms with Crippen molar-refractivity contribution >= 4 is 5.69 Å². The molecule has 0 heterocycles. The molecule has 1 rings (SSSR count). The monoisotopic (exact) mass is 233 g/mol. The Labute approximate surface area is 107 Å². The first-order valence-electron chi connectivity index (χ1n) is 7.08. The molecule has 0 aliphatic heterocycles. The Balaban J connectivity index is 2.43. The van der Waals surface area contributed by atoms with Gasteiger partial charge >= 0.3 is 0 Å². The van der Waals surface area contributed by atoms with Crippen LogP contribution >= 0.6 is 0 Å². The molecule has 96 valence electrons. The molecular formula is C16H27N. The molecule has 0 atom stereocenters. The van der Waals surface area contributed by atoms with Crippen molar-refractivity contribution in [3.8, 4) is 0 Å². The second-order valence-electron chi connectivity index (χ2n) is 4.90. The largest absolute Gasteiger partial charge is 0.375 e. The molecule has 0 N–H and O–H groups in total. The van der Waals surface area contributed by atoms with E-state index in [0.717, 1.165) is 0 Å². The summed E-state index contributed by atoms with van der Waals surface area (Å²) >= 11 is 0. The van der Waals surface area contributed by atoms with E-state index in [2.05, 4.69) is 50.1 Å².